The van der Waals surface area contributed by atoms with Crippen LogP contribution in [-0.2, 0) is 15.1 Å². The molecule has 1 aliphatic rings. The third-order valence-corrected chi connectivity index (χ3v) is 5.67. The fraction of sp³-hybridized carbons (Fsp3) is 0.562. The van der Waals surface area contributed by atoms with Gasteiger partial charge >= 0.3 is 0 Å². The molecule has 1 unspecified atom stereocenters. The van der Waals surface area contributed by atoms with Gasteiger partial charge in [0.15, 0.2) is 0 Å². The molecular formula is C16H25ClN2O2S. The zero-order valence-electron chi connectivity index (χ0n) is 13.1. The van der Waals surface area contributed by atoms with E-state index in [4.69, 9.17) is 10.5 Å². The van der Waals surface area contributed by atoms with Gasteiger partial charge in [0.1, 0.15) is 5.54 Å². The van der Waals surface area contributed by atoms with Crippen molar-refractivity contribution in [3.8, 4) is 0 Å². The molecule has 1 aliphatic heterocycles. The van der Waals surface area contributed by atoms with E-state index < -0.39 is 5.54 Å². The van der Waals surface area contributed by atoms with E-state index in [-0.39, 0.29) is 23.1 Å². The van der Waals surface area contributed by atoms with Gasteiger partial charge in [0, 0.05) is 24.5 Å². The summed E-state index contributed by atoms with van der Waals surface area (Å²) in [5.74, 6) is -0.131. The third-order valence-electron chi connectivity index (χ3n) is 4.25. The van der Waals surface area contributed by atoms with Crippen LogP contribution in [0.1, 0.15) is 25.3 Å². The second-order valence-electron chi connectivity index (χ2n) is 5.75. The molecule has 1 amide bonds. The highest BCUT2D eigenvalue weighted by Gasteiger charge is 2.35. The predicted octanol–water partition coefficient (Wildman–Crippen LogP) is 2.31. The number of carbonyl (C=O) groups is 1. The van der Waals surface area contributed by atoms with Gasteiger partial charge in [0.25, 0.3) is 0 Å². The minimum absolute atomic E-state index is 0. The number of amides is 1. The largest absolute Gasteiger partial charge is 0.381 e. The second kappa shape index (κ2) is 8.20. The van der Waals surface area contributed by atoms with E-state index in [0.29, 0.717) is 6.54 Å². The minimum atomic E-state index is -1.01. The lowest BCUT2D eigenvalue weighted by Gasteiger charge is -2.36. The number of nitrogens with two attached hydrogens (primary N) is 1. The van der Waals surface area contributed by atoms with Crippen molar-refractivity contribution in [2.75, 3.05) is 26.0 Å². The van der Waals surface area contributed by atoms with Gasteiger partial charge in [-0.1, -0.05) is 30.3 Å². The summed E-state index contributed by atoms with van der Waals surface area (Å²) in [5.41, 5.74) is 6.06. The van der Waals surface area contributed by atoms with E-state index in [1.807, 2.05) is 30.3 Å². The Bertz CT molecular complexity index is 476. The number of rotatable bonds is 5. The van der Waals surface area contributed by atoms with Crippen molar-refractivity contribution >= 4 is 30.1 Å². The molecule has 1 heterocycles. The molecule has 2 rings (SSSR count). The van der Waals surface area contributed by atoms with Crippen molar-refractivity contribution < 1.29 is 9.53 Å². The van der Waals surface area contributed by atoms with Gasteiger partial charge in [-0.25, -0.2) is 0 Å². The van der Waals surface area contributed by atoms with Gasteiger partial charge in [0.2, 0.25) is 5.91 Å². The van der Waals surface area contributed by atoms with E-state index in [9.17, 15) is 4.79 Å². The first-order valence-electron chi connectivity index (χ1n) is 7.26. The number of nitrogens with one attached hydrogen (secondary N) is 1. The average Bonchev–Trinajstić information content (AvgIpc) is 2.54. The number of benzene rings is 1. The number of carbonyl (C=O) groups excluding carboxylic acids is 1. The maximum absolute atomic E-state index is 12.5. The van der Waals surface area contributed by atoms with Crippen LogP contribution in [-0.4, -0.2) is 36.7 Å². The lowest BCUT2D eigenvalue weighted by molar-refractivity contribution is -0.126. The lowest BCUT2D eigenvalue weighted by atomic mass is 9.91. The summed E-state index contributed by atoms with van der Waals surface area (Å²) in [6.07, 6.45) is 4.01. The molecule has 6 heteroatoms. The topological polar surface area (TPSA) is 64.4 Å². The van der Waals surface area contributed by atoms with Crippen molar-refractivity contribution in [2.45, 2.75) is 30.1 Å². The Balaban J connectivity index is 0.00000242. The maximum Gasteiger partial charge on any atom is 0.244 e. The molecule has 0 radical (unpaired) electrons. The number of halogens is 1. The average molecular weight is 345 g/mol. The summed E-state index contributed by atoms with van der Waals surface area (Å²) in [6, 6.07) is 9.49. The fourth-order valence-corrected chi connectivity index (χ4v) is 3.33. The number of hydrogen-bond donors (Lipinski definition) is 2. The van der Waals surface area contributed by atoms with Gasteiger partial charge in [-0.15, -0.1) is 12.4 Å². The molecule has 1 atom stereocenters. The van der Waals surface area contributed by atoms with Crippen LogP contribution in [0.4, 0.5) is 0 Å². The number of ether oxygens (including phenoxy) is 1. The molecule has 1 aromatic carbocycles. The molecule has 0 spiro atoms. The van der Waals surface area contributed by atoms with Crippen LogP contribution >= 0.6 is 24.2 Å². The molecule has 1 fully saturated rings. The SMILES string of the molecule is CSC1(CNC(=O)C(C)(N)c2ccccc2)CCOCC1.Cl. The second-order valence-corrected chi connectivity index (χ2v) is 7.02. The van der Waals surface area contributed by atoms with Gasteiger partial charge in [-0.2, -0.15) is 11.8 Å². The highest BCUT2D eigenvalue weighted by atomic mass is 35.5. The van der Waals surface area contributed by atoms with Gasteiger partial charge in [-0.05, 0) is 31.6 Å². The standard InChI is InChI=1S/C16H24N2O2S.ClH/c1-15(17,13-6-4-3-5-7-13)14(19)18-12-16(21-2)8-10-20-11-9-16;/h3-7H,8-12,17H2,1-2H3,(H,18,19);1H. The van der Waals surface area contributed by atoms with Gasteiger partial charge < -0.3 is 15.8 Å². The van der Waals surface area contributed by atoms with E-state index in [1.165, 1.54) is 0 Å². The molecule has 0 aromatic heterocycles. The van der Waals surface area contributed by atoms with Crippen molar-refractivity contribution in [3.05, 3.63) is 35.9 Å². The smallest absolute Gasteiger partial charge is 0.244 e. The van der Waals surface area contributed by atoms with Crippen LogP contribution in [0.15, 0.2) is 30.3 Å². The summed E-state index contributed by atoms with van der Waals surface area (Å²) in [5, 5.41) is 3.04. The lowest BCUT2D eigenvalue weighted by Crippen LogP contribution is -2.53. The normalized spacial score (nSPS) is 19.6. The summed E-state index contributed by atoms with van der Waals surface area (Å²) >= 11 is 1.81. The molecule has 124 valence electrons. The summed E-state index contributed by atoms with van der Waals surface area (Å²) in [6.45, 7) is 3.91. The zero-order chi connectivity index (χ0) is 15.3. The Morgan fingerprint density at radius 3 is 2.50 bits per heavy atom. The molecule has 1 saturated heterocycles. The van der Waals surface area contributed by atoms with Gasteiger partial charge in [-0.3, -0.25) is 4.79 Å². The van der Waals surface area contributed by atoms with E-state index in [0.717, 1.165) is 31.6 Å². The Labute approximate surface area is 143 Å². The molecule has 3 N–H and O–H groups in total. The first-order valence-corrected chi connectivity index (χ1v) is 8.48. The molecule has 0 aliphatic carbocycles. The molecule has 0 bridgehead atoms. The van der Waals surface area contributed by atoms with E-state index in [2.05, 4.69) is 11.6 Å². The first-order chi connectivity index (χ1) is 10.0. The van der Waals surface area contributed by atoms with Crippen molar-refractivity contribution in [2.24, 2.45) is 5.73 Å². The Kier molecular flexibility index (Phi) is 7.19. The van der Waals surface area contributed by atoms with E-state index in [1.54, 1.807) is 18.7 Å². The molecule has 0 saturated carbocycles. The monoisotopic (exact) mass is 344 g/mol. The summed E-state index contributed by atoms with van der Waals surface area (Å²) in [7, 11) is 0. The molecular weight excluding hydrogens is 320 g/mol. The van der Waals surface area contributed by atoms with Crippen LogP contribution in [0.25, 0.3) is 0 Å². The van der Waals surface area contributed by atoms with Crippen molar-refractivity contribution in [1.29, 1.82) is 0 Å². The van der Waals surface area contributed by atoms with Crippen molar-refractivity contribution in [1.82, 2.24) is 5.32 Å². The molecule has 1 aromatic rings. The fourth-order valence-electron chi connectivity index (χ4n) is 2.54. The van der Waals surface area contributed by atoms with Crippen LogP contribution in [0.5, 0.6) is 0 Å². The Morgan fingerprint density at radius 2 is 1.95 bits per heavy atom. The molecule has 22 heavy (non-hydrogen) atoms. The third kappa shape index (κ3) is 4.38. The van der Waals surface area contributed by atoms with Crippen molar-refractivity contribution in [3.63, 3.8) is 0 Å². The summed E-state index contributed by atoms with van der Waals surface area (Å²) in [4.78, 5) is 12.5. The minimum Gasteiger partial charge on any atom is -0.381 e. The highest BCUT2D eigenvalue weighted by molar-refractivity contribution is 8.00. The molecule has 4 nitrogen and oxygen atoms in total. The van der Waals surface area contributed by atoms with Crippen LogP contribution in [0, 0.1) is 0 Å². The summed E-state index contributed by atoms with van der Waals surface area (Å²) < 4.78 is 5.49. The zero-order valence-corrected chi connectivity index (χ0v) is 14.8. The maximum atomic E-state index is 12.5. The number of hydrogen-bond acceptors (Lipinski definition) is 4. The van der Waals surface area contributed by atoms with E-state index >= 15 is 0 Å². The Morgan fingerprint density at radius 1 is 1.36 bits per heavy atom. The van der Waals surface area contributed by atoms with Crippen LogP contribution in [0.3, 0.4) is 0 Å². The Hall–Kier alpha value is -0.750. The van der Waals surface area contributed by atoms with Gasteiger partial charge in [0.05, 0.1) is 0 Å². The van der Waals surface area contributed by atoms with Crippen LogP contribution in [0.2, 0.25) is 0 Å². The highest BCUT2D eigenvalue weighted by Crippen LogP contribution is 2.33. The first kappa shape index (κ1) is 19.3. The predicted molar refractivity (Wildman–Crippen MR) is 94.5 cm³/mol. The quantitative estimate of drug-likeness (QED) is 0.860. The van der Waals surface area contributed by atoms with Crippen LogP contribution < -0.4 is 11.1 Å². The number of thioether (sulfide) groups is 1.